The second kappa shape index (κ2) is 5.92. The minimum absolute atomic E-state index is 0.00452. The lowest BCUT2D eigenvalue weighted by atomic mass is 10.0. The second-order valence-electron chi connectivity index (χ2n) is 5.02. The minimum atomic E-state index is -0.291. The van der Waals surface area contributed by atoms with Gasteiger partial charge in [0.2, 0.25) is 5.91 Å². The van der Waals surface area contributed by atoms with Crippen molar-refractivity contribution in [2.75, 3.05) is 18.1 Å². The third kappa shape index (κ3) is 3.09. The van der Waals surface area contributed by atoms with E-state index >= 15 is 0 Å². The fourth-order valence-corrected chi connectivity index (χ4v) is 3.04. The molecule has 1 saturated heterocycles. The topological polar surface area (TPSA) is 52.6 Å². The summed E-state index contributed by atoms with van der Waals surface area (Å²) in [5.41, 5.74) is 2.18. The first-order valence-electron chi connectivity index (χ1n) is 6.47. The summed E-state index contributed by atoms with van der Waals surface area (Å²) >= 11 is 3.45. The zero-order valence-corrected chi connectivity index (χ0v) is 12.8. The number of nitrogens with zero attached hydrogens (tertiary/aromatic N) is 1. The Bertz CT molecular complexity index is 479. The van der Waals surface area contributed by atoms with Crippen molar-refractivity contribution in [3.05, 3.63) is 28.2 Å². The van der Waals surface area contributed by atoms with Gasteiger partial charge in [-0.05, 0) is 44.0 Å². The molecule has 0 bridgehead atoms. The number of aliphatic hydroxyl groups is 1. The van der Waals surface area contributed by atoms with Gasteiger partial charge in [0.25, 0.3) is 0 Å². The maximum atomic E-state index is 12.1. The van der Waals surface area contributed by atoms with Crippen LogP contribution in [0.1, 0.15) is 18.9 Å². The number of aryl methyl sites for hydroxylation is 1. The number of halogens is 1. The van der Waals surface area contributed by atoms with Gasteiger partial charge in [0.05, 0.1) is 0 Å². The molecule has 0 aromatic heterocycles. The molecule has 104 valence electrons. The number of nitrogens with one attached hydrogen (secondary N) is 1. The Morgan fingerprint density at radius 3 is 2.89 bits per heavy atom. The molecular weight excluding hydrogens is 308 g/mol. The first-order valence-corrected chi connectivity index (χ1v) is 7.26. The molecule has 2 N–H and O–H groups in total. The molecule has 4 nitrogen and oxygen atoms in total. The summed E-state index contributed by atoms with van der Waals surface area (Å²) < 4.78 is 1.03. The van der Waals surface area contributed by atoms with Crippen LogP contribution in [0.5, 0.6) is 0 Å². The van der Waals surface area contributed by atoms with Gasteiger partial charge in [-0.2, -0.15) is 0 Å². The minimum Gasteiger partial charge on any atom is -0.396 e. The van der Waals surface area contributed by atoms with Gasteiger partial charge in [0.1, 0.15) is 6.04 Å². The molecule has 0 aliphatic carbocycles. The lowest BCUT2D eigenvalue weighted by Gasteiger charge is -2.40. The van der Waals surface area contributed by atoms with E-state index in [1.165, 1.54) is 0 Å². The number of rotatable bonds is 3. The molecule has 1 aliphatic rings. The number of benzene rings is 1. The predicted molar refractivity (Wildman–Crippen MR) is 79.3 cm³/mol. The number of aliphatic hydroxyl groups excluding tert-OH is 1. The Balaban J connectivity index is 2.34. The fraction of sp³-hybridized carbons (Fsp3) is 0.500. The first kappa shape index (κ1) is 14.3. The SMILES string of the molecule is Cc1cc(Br)ccc1N1CC(C)NC(=O)C1CCO. The molecule has 2 unspecified atom stereocenters. The molecule has 5 heteroatoms. The number of carbonyl (C=O) groups excluding carboxylic acids is 1. The summed E-state index contributed by atoms with van der Waals surface area (Å²) in [5, 5.41) is 12.1. The zero-order valence-electron chi connectivity index (χ0n) is 11.2. The molecule has 2 rings (SSSR count). The quantitative estimate of drug-likeness (QED) is 0.891. The monoisotopic (exact) mass is 326 g/mol. The van der Waals surface area contributed by atoms with E-state index in [2.05, 4.69) is 26.1 Å². The van der Waals surface area contributed by atoms with Crippen LogP contribution in [-0.4, -0.2) is 36.2 Å². The van der Waals surface area contributed by atoms with Crippen LogP contribution in [0.3, 0.4) is 0 Å². The maximum Gasteiger partial charge on any atom is 0.243 e. The van der Waals surface area contributed by atoms with E-state index in [1.807, 2.05) is 32.0 Å². The predicted octanol–water partition coefficient (Wildman–Crippen LogP) is 1.83. The second-order valence-corrected chi connectivity index (χ2v) is 5.94. The van der Waals surface area contributed by atoms with E-state index in [0.717, 1.165) is 22.3 Å². The largest absolute Gasteiger partial charge is 0.396 e. The van der Waals surface area contributed by atoms with Crippen LogP contribution in [0.15, 0.2) is 22.7 Å². The van der Waals surface area contributed by atoms with Crippen LogP contribution in [0, 0.1) is 6.92 Å². The molecule has 1 aliphatic heterocycles. The molecule has 0 radical (unpaired) electrons. The van der Waals surface area contributed by atoms with Crippen molar-refractivity contribution in [2.24, 2.45) is 0 Å². The summed E-state index contributed by atoms with van der Waals surface area (Å²) in [4.78, 5) is 14.2. The normalized spacial score (nSPS) is 23.4. The Labute approximate surface area is 121 Å². The molecule has 1 amide bonds. The van der Waals surface area contributed by atoms with E-state index in [-0.39, 0.29) is 24.6 Å². The fourth-order valence-electron chi connectivity index (χ4n) is 2.57. The molecule has 1 fully saturated rings. The lowest BCUT2D eigenvalue weighted by Crippen LogP contribution is -2.59. The maximum absolute atomic E-state index is 12.1. The van der Waals surface area contributed by atoms with Gasteiger partial charge in [0.15, 0.2) is 0 Å². The van der Waals surface area contributed by atoms with Gasteiger partial charge in [-0.15, -0.1) is 0 Å². The molecule has 1 aromatic rings. The van der Waals surface area contributed by atoms with Gasteiger partial charge in [-0.25, -0.2) is 0 Å². The highest BCUT2D eigenvalue weighted by Gasteiger charge is 2.33. The Kier molecular flexibility index (Phi) is 4.47. The van der Waals surface area contributed by atoms with E-state index in [9.17, 15) is 4.79 Å². The summed E-state index contributed by atoms with van der Waals surface area (Å²) in [6.45, 7) is 4.80. The van der Waals surface area contributed by atoms with E-state index in [4.69, 9.17) is 5.11 Å². The third-order valence-electron chi connectivity index (χ3n) is 3.41. The van der Waals surface area contributed by atoms with Crippen molar-refractivity contribution in [1.82, 2.24) is 5.32 Å². The number of amides is 1. The lowest BCUT2D eigenvalue weighted by molar-refractivity contribution is -0.124. The van der Waals surface area contributed by atoms with Gasteiger partial charge >= 0.3 is 0 Å². The molecule has 0 spiro atoms. The highest BCUT2D eigenvalue weighted by molar-refractivity contribution is 9.10. The standard InChI is InChI=1S/C14H19BrN2O2/c1-9-7-11(15)3-4-12(9)17-8-10(2)16-14(19)13(17)5-6-18/h3-4,7,10,13,18H,5-6,8H2,1-2H3,(H,16,19). The molecular formula is C14H19BrN2O2. The van der Waals surface area contributed by atoms with Gasteiger partial charge in [-0.1, -0.05) is 15.9 Å². The van der Waals surface area contributed by atoms with Crippen molar-refractivity contribution in [3.8, 4) is 0 Å². The van der Waals surface area contributed by atoms with Gasteiger partial charge in [-0.3, -0.25) is 4.79 Å². The number of hydrogen-bond donors (Lipinski definition) is 2. The average Bonchev–Trinajstić information content (AvgIpc) is 2.32. The average molecular weight is 327 g/mol. The molecule has 2 atom stereocenters. The van der Waals surface area contributed by atoms with E-state index < -0.39 is 0 Å². The van der Waals surface area contributed by atoms with Crippen LogP contribution in [0.4, 0.5) is 5.69 Å². The van der Waals surface area contributed by atoms with Crippen LogP contribution < -0.4 is 10.2 Å². The molecule has 19 heavy (non-hydrogen) atoms. The van der Waals surface area contributed by atoms with Crippen molar-refractivity contribution >= 4 is 27.5 Å². The summed E-state index contributed by atoms with van der Waals surface area (Å²) in [6.07, 6.45) is 0.452. The van der Waals surface area contributed by atoms with Gasteiger partial charge < -0.3 is 15.3 Å². The van der Waals surface area contributed by atoms with E-state index in [1.54, 1.807) is 0 Å². The molecule has 1 heterocycles. The van der Waals surface area contributed by atoms with Crippen LogP contribution in [-0.2, 0) is 4.79 Å². The molecule has 1 aromatic carbocycles. The van der Waals surface area contributed by atoms with Crippen molar-refractivity contribution in [2.45, 2.75) is 32.4 Å². The van der Waals surface area contributed by atoms with Crippen molar-refractivity contribution < 1.29 is 9.90 Å². The summed E-state index contributed by atoms with van der Waals surface area (Å²) in [6, 6.07) is 5.87. The van der Waals surface area contributed by atoms with Crippen molar-refractivity contribution in [1.29, 1.82) is 0 Å². The Morgan fingerprint density at radius 2 is 2.26 bits per heavy atom. The van der Waals surface area contributed by atoms with Crippen LogP contribution in [0.25, 0.3) is 0 Å². The third-order valence-corrected chi connectivity index (χ3v) is 3.90. The first-order chi connectivity index (χ1) is 9.02. The highest BCUT2D eigenvalue weighted by Crippen LogP contribution is 2.28. The zero-order chi connectivity index (χ0) is 14.0. The smallest absolute Gasteiger partial charge is 0.243 e. The summed E-state index contributed by atoms with van der Waals surface area (Å²) in [5.74, 6) is -0.00452. The number of carbonyl (C=O) groups is 1. The number of piperazine rings is 1. The van der Waals surface area contributed by atoms with Gasteiger partial charge in [0, 0.05) is 29.4 Å². The number of anilines is 1. The Morgan fingerprint density at radius 1 is 1.53 bits per heavy atom. The van der Waals surface area contributed by atoms with Crippen molar-refractivity contribution in [3.63, 3.8) is 0 Å². The number of hydrogen-bond acceptors (Lipinski definition) is 3. The van der Waals surface area contributed by atoms with Crippen LogP contribution >= 0.6 is 15.9 Å². The van der Waals surface area contributed by atoms with E-state index in [0.29, 0.717) is 6.42 Å². The highest BCUT2D eigenvalue weighted by atomic mass is 79.9. The Hall–Kier alpha value is -1.07. The molecule has 0 saturated carbocycles. The van der Waals surface area contributed by atoms with Crippen LogP contribution in [0.2, 0.25) is 0 Å². The summed E-state index contributed by atoms with van der Waals surface area (Å²) in [7, 11) is 0.